The summed E-state index contributed by atoms with van der Waals surface area (Å²) in [5, 5.41) is 0. The van der Waals surface area contributed by atoms with Gasteiger partial charge in [-0.25, -0.2) is 4.79 Å². The molecule has 0 fully saturated rings. The van der Waals surface area contributed by atoms with E-state index in [0.29, 0.717) is 0 Å². The van der Waals surface area contributed by atoms with E-state index in [2.05, 4.69) is 4.74 Å². The smallest absolute Gasteiger partial charge is 0.419 e. The van der Waals surface area contributed by atoms with Crippen molar-refractivity contribution in [3.63, 3.8) is 0 Å². The summed E-state index contributed by atoms with van der Waals surface area (Å²) >= 11 is 5.16. The van der Waals surface area contributed by atoms with Gasteiger partial charge < -0.3 is 4.74 Å². The first-order chi connectivity index (χ1) is 4.84. The highest BCUT2D eigenvalue weighted by atomic mass is 35.5. The summed E-state index contributed by atoms with van der Waals surface area (Å²) < 4.78 is 5.78. The van der Waals surface area contributed by atoms with E-state index in [1.807, 2.05) is 0 Å². The van der Waals surface area contributed by atoms with Crippen LogP contribution >= 0.6 is 11.6 Å². The molecule has 0 atom stereocenters. The molecule has 0 spiro atoms. The second-order valence-electron chi connectivity index (χ2n) is 1.61. The maximum absolute atomic E-state index is 10.8. The molecule has 1 heterocycles. The lowest BCUT2D eigenvalue weighted by atomic mass is 10.7. The largest absolute Gasteiger partial charge is 0.433 e. The van der Waals surface area contributed by atoms with Gasteiger partial charge in [0.15, 0.2) is 6.07 Å². The number of hydrogen-bond acceptors (Lipinski definition) is 2. The summed E-state index contributed by atoms with van der Waals surface area (Å²) in [5.41, 5.74) is 0. The van der Waals surface area contributed by atoms with E-state index in [1.54, 1.807) is 24.5 Å². The maximum Gasteiger partial charge on any atom is 0.419 e. The third-order valence-electron chi connectivity index (χ3n) is 0.993. The second-order valence-corrected chi connectivity index (χ2v) is 1.83. The number of rotatable bonds is 1. The van der Waals surface area contributed by atoms with Gasteiger partial charge in [-0.05, 0) is 12.1 Å². The fourth-order valence-electron chi connectivity index (χ4n) is 0.577. The van der Waals surface area contributed by atoms with Crippen LogP contribution in [0.25, 0.3) is 0 Å². The van der Waals surface area contributed by atoms with Crippen LogP contribution in [0.1, 0.15) is 0 Å². The van der Waals surface area contributed by atoms with Crippen LogP contribution in [0.3, 0.4) is 0 Å². The average Bonchev–Trinajstić information content (AvgIpc) is 2.38. The molecule has 0 amide bonds. The van der Waals surface area contributed by atoms with E-state index >= 15 is 0 Å². The molecule has 0 N–H and O–H groups in total. The van der Waals surface area contributed by atoms with Crippen LogP contribution in [0.2, 0.25) is 0 Å². The topological polar surface area (TPSA) is 31.2 Å². The number of carbonyl (C=O) groups is 1. The third-order valence-corrected chi connectivity index (χ3v) is 1.10. The van der Waals surface area contributed by atoms with E-state index in [0.717, 1.165) is 0 Å². The number of aromatic nitrogens is 1. The van der Waals surface area contributed by atoms with Crippen molar-refractivity contribution in [3.05, 3.63) is 24.5 Å². The van der Waals surface area contributed by atoms with Crippen LogP contribution < -0.4 is 0 Å². The molecule has 0 unspecified atom stereocenters. The normalized spacial score (nSPS) is 9.30. The molecule has 0 aliphatic carbocycles. The molecule has 0 aliphatic heterocycles. The highest BCUT2D eigenvalue weighted by Gasteiger charge is 2.00. The summed E-state index contributed by atoms with van der Waals surface area (Å²) in [6.45, 7) is 0. The number of hydrogen-bond donors (Lipinski definition) is 0. The Labute approximate surface area is 63.2 Å². The second kappa shape index (κ2) is 3.27. The molecule has 0 saturated carbocycles. The molecule has 1 rings (SSSR count). The average molecular weight is 160 g/mol. The molecule has 0 radical (unpaired) electrons. The van der Waals surface area contributed by atoms with Gasteiger partial charge in [-0.2, -0.15) is 0 Å². The zero-order valence-corrected chi connectivity index (χ0v) is 5.91. The fraction of sp³-hybridized carbons (Fsp3) is 0.167. The number of ether oxygens (including phenoxy) is 1. The van der Waals surface area contributed by atoms with Gasteiger partial charge in [0.25, 0.3) is 0 Å². The Morgan fingerprint density at radius 3 is 2.60 bits per heavy atom. The van der Waals surface area contributed by atoms with Crippen molar-refractivity contribution in [1.82, 2.24) is 4.57 Å². The summed E-state index contributed by atoms with van der Waals surface area (Å²) in [6.07, 6.45) is 2.73. The van der Waals surface area contributed by atoms with Crippen molar-refractivity contribution in [2.45, 2.75) is 0 Å². The van der Waals surface area contributed by atoms with Crippen LogP contribution in [0, 0.1) is 0 Å². The Balaban J connectivity index is 2.59. The van der Waals surface area contributed by atoms with Crippen LogP contribution in [0.4, 0.5) is 4.79 Å². The zero-order chi connectivity index (χ0) is 7.40. The van der Waals surface area contributed by atoms with E-state index in [4.69, 9.17) is 11.6 Å². The molecule has 54 valence electrons. The molecule has 1 aromatic rings. The predicted molar refractivity (Wildman–Crippen MR) is 37.0 cm³/mol. The molecule has 0 aromatic carbocycles. The van der Waals surface area contributed by atoms with Crippen LogP contribution in [-0.2, 0) is 4.74 Å². The van der Waals surface area contributed by atoms with Crippen molar-refractivity contribution in [3.8, 4) is 0 Å². The molecular formula is C6H6ClNO2. The first kappa shape index (κ1) is 7.15. The number of alkyl halides is 1. The monoisotopic (exact) mass is 159 g/mol. The van der Waals surface area contributed by atoms with Gasteiger partial charge in [0.1, 0.15) is 0 Å². The maximum atomic E-state index is 10.8. The van der Waals surface area contributed by atoms with E-state index in [9.17, 15) is 4.79 Å². The third kappa shape index (κ3) is 1.51. The number of nitrogens with zero attached hydrogens (tertiary/aromatic N) is 1. The highest BCUT2D eigenvalue weighted by Crippen LogP contribution is 1.92. The Bertz CT molecular complexity index is 208. The number of halogens is 1. The van der Waals surface area contributed by atoms with Crippen molar-refractivity contribution in [1.29, 1.82) is 0 Å². The standard InChI is InChI=1S/C6H6ClNO2/c7-5-10-6(9)8-3-1-2-4-8/h1-4H,5H2. The van der Waals surface area contributed by atoms with Gasteiger partial charge in [0, 0.05) is 12.4 Å². The van der Waals surface area contributed by atoms with Crippen LogP contribution in [0.15, 0.2) is 24.5 Å². The minimum absolute atomic E-state index is 0.114. The Hall–Kier alpha value is -0.960. The molecule has 4 heteroatoms. The molecule has 0 saturated heterocycles. The summed E-state index contributed by atoms with van der Waals surface area (Å²) in [5.74, 6) is 0. The Morgan fingerprint density at radius 1 is 1.50 bits per heavy atom. The van der Waals surface area contributed by atoms with Gasteiger partial charge in [-0.3, -0.25) is 4.57 Å². The lowest BCUT2D eigenvalue weighted by Crippen LogP contribution is -2.09. The van der Waals surface area contributed by atoms with Gasteiger partial charge in [-0.1, -0.05) is 11.6 Å². The first-order valence-corrected chi connectivity index (χ1v) is 3.24. The quantitative estimate of drug-likeness (QED) is 0.584. The van der Waals surface area contributed by atoms with Crippen molar-refractivity contribution < 1.29 is 9.53 Å². The minimum Gasteiger partial charge on any atom is -0.433 e. The van der Waals surface area contributed by atoms with E-state index in [1.165, 1.54) is 4.57 Å². The summed E-state index contributed by atoms with van der Waals surface area (Å²) in [4.78, 5) is 10.8. The summed E-state index contributed by atoms with van der Waals surface area (Å²) in [6, 6.07) is 3.35. The minimum atomic E-state index is -0.458. The van der Waals surface area contributed by atoms with E-state index in [-0.39, 0.29) is 6.07 Å². The van der Waals surface area contributed by atoms with Gasteiger partial charge in [0.05, 0.1) is 0 Å². The summed E-state index contributed by atoms with van der Waals surface area (Å²) in [7, 11) is 0. The predicted octanol–water partition coefficient (Wildman–Crippen LogP) is 1.67. The Morgan fingerprint density at radius 2 is 2.10 bits per heavy atom. The van der Waals surface area contributed by atoms with Crippen molar-refractivity contribution in [2.24, 2.45) is 0 Å². The fourth-order valence-corrected chi connectivity index (χ4v) is 0.671. The number of carbonyl (C=O) groups excluding carboxylic acids is 1. The molecule has 1 aromatic heterocycles. The molecule has 10 heavy (non-hydrogen) atoms. The van der Waals surface area contributed by atoms with Crippen LogP contribution in [0.5, 0.6) is 0 Å². The zero-order valence-electron chi connectivity index (χ0n) is 5.16. The highest BCUT2D eigenvalue weighted by molar-refractivity contribution is 6.17. The molecule has 0 aliphatic rings. The lowest BCUT2D eigenvalue weighted by Gasteiger charge is -1.98. The SMILES string of the molecule is O=C(OCCl)n1cccc1. The van der Waals surface area contributed by atoms with Crippen molar-refractivity contribution >= 4 is 17.7 Å². The van der Waals surface area contributed by atoms with Crippen LogP contribution in [-0.4, -0.2) is 16.7 Å². The molecular weight excluding hydrogens is 154 g/mol. The lowest BCUT2D eigenvalue weighted by molar-refractivity contribution is 0.166. The molecule has 0 bridgehead atoms. The first-order valence-electron chi connectivity index (χ1n) is 2.70. The van der Waals surface area contributed by atoms with E-state index < -0.39 is 6.09 Å². The van der Waals surface area contributed by atoms with Gasteiger partial charge >= 0.3 is 6.09 Å². The van der Waals surface area contributed by atoms with Gasteiger partial charge in [0.2, 0.25) is 0 Å². The Kier molecular flexibility index (Phi) is 2.34. The molecule has 3 nitrogen and oxygen atoms in total. The van der Waals surface area contributed by atoms with Crippen molar-refractivity contribution in [2.75, 3.05) is 6.07 Å². The van der Waals surface area contributed by atoms with Gasteiger partial charge in [-0.15, -0.1) is 0 Å².